The van der Waals surface area contributed by atoms with E-state index in [2.05, 4.69) is 30.5 Å². The summed E-state index contributed by atoms with van der Waals surface area (Å²) in [6.07, 6.45) is 10.4. The van der Waals surface area contributed by atoms with E-state index in [1.54, 1.807) is 18.6 Å². The summed E-state index contributed by atoms with van der Waals surface area (Å²) in [6, 6.07) is 14.2. The standard InChI is InChI=1S/C35H35FN8O2/c1-44(2)12-13-46-26-16-22(14-24(36)17-26)32-27-18-31(40-29(27)10-11-38-32)34-33-30(42-43-34)9-8-28(41-33)23-15-25(20-37-19-23)39-35(45)21-6-4-3-5-7-21/h8-11,14-21,40H,3-7,12-13H2,1-2H3,(H,39,45)(H,42,43). The highest BCUT2D eigenvalue weighted by Crippen LogP contribution is 2.35. The quantitative estimate of drug-likeness (QED) is 0.162. The second-order valence-corrected chi connectivity index (χ2v) is 12.1. The van der Waals surface area contributed by atoms with Crippen LogP contribution < -0.4 is 10.1 Å². The predicted molar refractivity (Wildman–Crippen MR) is 177 cm³/mol. The third-order valence-corrected chi connectivity index (χ3v) is 8.44. The average molecular weight is 619 g/mol. The van der Waals surface area contributed by atoms with Crippen molar-refractivity contribution in [3.05, 3.63) is 72.9 Å². The number of aromatic nitrogens is 6. The maximum absolute atomic E-state index is 14.7. The van der Waals surface area contributed by atoms with Crippen molar-refractivity contribution in [2.24, 2.45) is 5.92 Å². The van der Waals surface area contributed by atoms with Crippen molar-refractivity contribution in [3.63, 3.8) is 0 Å². The molecule has 5 heterocycles. The van der Waals surface area contributed by atoms with Crippen LogP contribution in [0.2, 0.25) is 0 Å². The van der Waals surface area contributed by atoms with Crippen molar-refractivity contribution in [2.75, 3.05) is 32.6 Å². The minimum absolute atomic E-state index is 0.0526. The first-order chi connectivity index (χ1) is 22.4. The highest BCUT2D eigenvalue weighted by atomic mass is 19.1. The highest BCUT2D eigenvalue weighted by Gasteiger charge is 2.22. The van der Waals surface area contributed by atoms with Crippen molar-refractivity contribution in [1.29, 1.82) is 0 Å². The van der Waals surface area contributed by atoms with Gasteiger partial charge in [-0.25, -0.2) is 9.37 Å². The summed E-state index contributed by atoms with van der Waals surface area (Å²) in [4.78, 5) is 32.2. The number of carbonyl (C=O) groups is 1. The molecule has 10 nitrogen and oxygen atoms in total. The van der Waals surface area contributed by atoms with Crippen LogP contribution in [0.4, 0.5) is 10.1 Å². The number of ether oxygens (including phenoxy) is 1. The minimum Gasteiger partial charge on any atom is -0.492 e. The van der Waals surface area contributed by atoms with Gasteiger partial charge < -0.3 is 19.9 Å². The molecule has 1 aliphatic carbocycles. The number of aromatic amines is 2. The van der Waals surface area contributed by atoms with Crippen LogP contribution in [-0.2, 0) is 4.79 Å². The molecule has 1 amide bonds. The summed E-state index contributed by atoms with van der Waals surface area (Å²) in [5.41, 5.74) is 7.05. The number of H-pyrrole nitrogens is 2. The fraction of sp³-hybridized carbons (Fsp3) is 0.286. The monoisotopic (exact) mass is 618 g/mol. The number of carbonyl (C=O) groups excluding carboxylic acids is 1. The Morgan fingerprint density at radius 1 is 1.00 bits per heavy atom. The predicted octanol–water partition coefficient (Wildman–Crippen LogP) is 6.83. The first kappa shape index (κ1) is 29.5. The van der Waals surface area contributed by atoms with Gasteiger partial charge in [-0.15, -0.1) is 0 Å². The number of halogens is 1. The lowest BCUT2D eigenvalue weighted by Crippen LogP contribution is -2.24. The van der Waals surface area contributed by atoms with Crippen molar-refractivity contribution in [1.82, 2.24) is 35.0 Å². The summed E-state index contributed by atoms with van der Waals surface area (Å²) in [5, 5.41) is 11.5. The normalized spacial score (nSPS) is 13.9. The fourth-order valence-corrected chi connectivity index (χ4v) is 6.05. The van der Waals surface area contributed by atoms with Crippen LogP contribution in [-0.4, -0.2) is 68.2 Å². The second kappa shape index (κ2) is 12.7. The number of hydrogen-bond donors (Lipinski definition) is 3. The van der Waals surface area contributed by atoms with E-state index in [0.29, 0.717) is 52.8 Å². The van der Waals surface area contributed by atoms with Gasteiger partial charge in [-0.05, 0) is 69.4 Å². The van der Waals surface area contributed by atoms with Gasteiger partial charge in [-0.2, -0.15) is 5.10 Å². The number of likely N-dealkylation sites (N-methyl/N-ethyl adjacent to an activating group) is 1. The zero-order valence-corrected chi connectivity index (χ0v) is 25.8. The maximum atomic E-state index is 14.7. The average Bonchev–Trinajstić information content (AvgIpc) is 3.69. The maximum Gasteiger partial charge on any atom is 0.227 e. The van der Waals surface area contributed by atoms with E-state index < -0.39 is 5.82 Å². The Labute approximate surface area is 265 Å². The van der Waals surface area contributed by atoms with Crippen molar-refractivity contribution >= 4 is 33.5 Å². The third kappa shape index (κ3) is 6.18. The molecule has 0 atom stereocenters. The molecular weight excluding hydrogens is 583 g/mol. The fourth-order valence-electron chi connectivity index (χ4n) is 6.05. The molecule has 46 heavy (non-hydrogen) atoms. The van der Waals surface area contributed by atoms with E-state index in [1.165, 1.54) is 18.6 Å². The molecular formula is C35H35FN8O2. The summed E-state index contributed by atoms with van der Waals surface area (Å²) < 4.78 is 20.5. The Kier molecular flexibility index (Phi) is 8.15. The van der Waals surface area contributed by atoms with Gasteiger partial charge in [0.05, 0.1) is 34.5 Å². The summed E-state index contributed by atoms with van der Waals surface area (Å²) in [7, 11) is 3.92. The van der Waals surface area contributed by atoms with Crippen molar-refractivity contribution in [3.8, 4) is 39.7 Å². The molecule has 1 aliphatic rings. The molecule has 1 saturated carbocycles. The van der Waals surface area contributed by atoms with Gasteiger partial charge in [0.15, 0.2) is 0 Å². The molecule has 0 saturated heterocycles. The van der Waals surface area contributed by atoms with Crippen LogP contribution in [0.3, 0.4) is 0 Å². The van der Waals surface area contributed by atoms with Gasteiger partial charge in [0.1, 0.15) is 29.4 Å². The Balaban J connectivity index is 1.19. The Bertz CT molecular complexity index is 2030. The molecule has 3 N–H and O–H groups in total. The van der Waals surface area contributed by atoms with E-state index in [1.807, 2.05) is 55.4 Å². The van der Waals surface area contributed by atoms with E-state index in [4.69, 9.17) is 9.72 Å². The van der Waals surface area contributed by atoms with Crippen LogP contribution in [0.1, 0.15) is 32.1 Å². The Morgan fingerprint density at radius 2 is 1.87 bits per heavy atom. The lowest BCUT2D eigenvalue weighted by molar-refractivity contribution is -0.120. The van der Waals surface area contributed by atoms with Crippen LogP contribution in [0, 0.1) is 11.7 Å². The molecule has 0 bridgehead atoms. The summed E-state index contributed by atoms with van der Waals surface area (Å²) in [6.45, 7) is 1.16. The topological polar surface area (TPSA) is 125 Å². The number of pyridine rings is 3. The molecule has 1 fully saturated rings. The molecule has 0 unspecified atom stereocenters. The molecule has 6 aromatic rings. The van der Waals surface area contributed by atoms with E-state index >= 15 is 0 Å². The largest absolute Gasteiger partial charge is 0.492 e. The van der Waals surface area contributed by atoms with Crippen LogP contribution in [0.15, 0.2) is 67.1 Å². The minimum atomic E-state index is -0.394. The van der Waals surface area contributed by atoms with Crippen LogP contribution in [0.5, 0.6) is 5.75 Å². The second-order valence-electron chi connectivity index (χ2n) is 12.1. The lowest BCUT2D eigenvalue weighted by Gasteiger charge is -2.20. The van der Waals surface area contributed by atoms with Crippen molar-refractivity contribution in [2.45, 2.75) is 32.1 Å². The molecule has 7 rings (SSSR count). The molecule has 11 heteroatoms. The number of benzene rings is 1. The lowest BCUT2D eigenvalue weighted by atomic mass is 9.88. The Hall–Kier alpha value is -5.16. The third-order valence-electron chi connectivity index (χ3n) is 8.44. The molecule has 0 radical (unpaired) electrons. The van der Waals surface area contributed by atoms with Crippen molar-refractivity contribution < 1.29 is 13.9 Å². The highest BCUT2D eigenvalue weighted by molar-refractivity contribution is 5.99. The zero-order valence-electron chi connectivity index (χ0n) is 25.8. The zero-order chi connectivity index (χ0) is 31.6. The first-order valence-corrected chi connectivity index (χ1v) is 15.6. The summed E-state index contributed by atoms with van der Waals surface area (Å²) in [5.74, 6) is 0.164. The van der Waals surface area contributed by atoms with Gasteiger partial charge in [0.25, 0.3) is 0 Å². The SMILES string of the molecule is CN(C)CCOc1cc(F)cc(-c2nccc3[nH]c(-c4n[nH]c5ccc(-c6cncc(NC(=O)C7CCCCC7)c6)nc45)cc23)c1. The van der Waals surface area contributed by atoms with Gasteiger partial charge >= 0.3 is 0 Å². The molecule has 1 aromatic carbocycles. The number of rotatable bonds is 9. The van der Waals surface area contributed by atoms with Gasteiger partial charge in [0, 0.05) is 53.0 Å². The number of anilines is 1. The summed E-state index contributed by atoms with van der Waals surface area (Å²) >= 11 is 0. The first-order valence-electron chi connectivity index (χ1n) is 15.6. The van der Waals surface area contributed by atoms with Gasteiger partial charge in [0.2, 0.25) is 5.91 Å². The number of fused-ring (bicyclic) bond motifs is 2. The number of hydrogen-bond acceptors (Lipinski definition) is 7. The van der Waals surface area contributed by atoms with Crippen LogP contribution in [0.25, 0.3) is 55.8 Å². The molecule has 5 aromatic heterocycles. The van der Waals surface area contributed by atoms with Crippen LogP contribution >= 0.6 is 0 Å². The molecule has 234 valence electrons. The van der Waals surface area contributed by atoms with Gasteiger partial charge in [-0.1, -0.05) is 19.3 Å². The van der Waals surface area contributed by atoms with Gasteiger partial charge in [-0.3, -0.25) is 19.9 Å². The number of nitrogens with zero attached hydrogens (tertiary/aromatic N) is 5. The number of amides is 1. The van der Waals surface area contributed by atoms with E-state index in [0.717, 1.165) is 53.4 Å². The Morgan fingerprint density at radius 3 is 2.72 bits per heavy atom. The number of nitrogens with one attached hydrogen (secondary N) is 3. The van der Waals surface area contributed by atoms with E-state index in [9.17, 15) is 9.18 Å². The smallest absolute Gasteiger partial charge is 0.227 e. The molecule has 0 spiro atoms. The molecule has 0 aliphatic heterocycles. The van der Waals surface area contributed by atoms with E-state index in [-0.39, 0.29) is 11.8 Å².